The number of hydrogen-bond donors (Lipinski definition) is 2. The number of nitrogens with one attached hydrogen (secondary N) is 1. The van der Waals surface area contributed by atoms with Gasteiger partial charge in [0, 0.05) is 5.56 Å². The van der Waals surface area contributed by atoms with E-state index in [-0.39, 0.29) is 17.7 Å². The summed E-state index contributed by atoms with van der Waals surface area (Å²) in [4.78, 5) is 12.2. The highest BCUT2D eigenvalue weighted by atomic mass is 16.3. The second kappa shape index (κ2) is 5.57. The third-order valence-electron chi connectivity index (χ3n) is 3.10. The topological polar surface area (TPSA) is 49.3 Å². The van der Waals surface area contributed by atoms with Crippen LogP contribution in [-0.2, 0) is 0 Å². The van der Waals surface area contributed by atoms with Gasteiger partial charge in [-0.15, -0.1) is 0 Å². The van der Waals surface area contributed by atoms with Gasteiger partial charge in [-0.3, -0.25) is 4.79 Å². The molecule has 0 heterocycles. The quantitative estimate of drug-likeness (QED) is 0.885. The maximum absolute atomic E-state index is 12.2. The maximum Gasteiger partial charge on any atom is 0.252 e. The number of phenolic OH excluding ortho intramolecular Hbond substituents is 1. The SMILES string of the molecule is Cc1cc(O)ccc1C(=O)NC(C)c1ccccc1. The Kier molecular flexibility index (Phi) is 3.85. The minimum atomic E-state index is -0.131. The second-order valence-corrected chi connectivity index (χ2v) is 4.61. The summed E-state index contributed by atoms with van der Waals surface area (Å²) in [5.74, 6) is 0.0408. The third-order valence-corrected chi connectivity index (χ3v) is 3.10. The molecule has 19 heavy (non-hydrogen) atoms. The average Bonchev–Trinajstić information content (AvgIpc) is 2.39. The van der Waals surface area contributed by atoms with Crippen molar-refractivity contribution in [1.29, 1.82) is 0 Å². The zero-order valence-corrected chi connectivity index (χ0v) is 11.1. The van der Waals surface area contributed by atoms with Crippen LogP contribution < -0.4 is 5.32 Å². The summed E-state index contributed by atoms with van der Waals surface area (Å²) in [5, 5.41) is 12.3. The molecule has 0 aromatic heterocycles. The van der Waals surface area contributed by atoms with Gasteiger partial charge in [0.25, 0.3) is 5.91 Å². The predicted molar refractivity (Wildman–Crippen MR) is 75.2 cm³/mol. The number of hydrogen-bond acceptors (Lipinski definition) is 2. The Balaban J connectivity index is 2.13. The molecular formula is C16H17NO2. The summed E-state index contributed by atoms with van der Waals surface area (Å²) in [6, 6.07) is 14.5. The highest BCUT2D eigenvalue weighted by Gasteiger charge is 2.13. The van der Waals surface area contributed by atoms with Crippen molar-refractivity contribution in [3.63, 3.8) is 0 Å². The van der Waals surface area contributed by atoms with E-state index in [1.165, 1.54) is 6.07 Å². The lowest BCUT2D eigenvalue weighted by atomic mass is 10.1. The van der Waals surface area contributed by atoms with Crippen molar-refractivity contribution < 1.29 is 9.90 Å². The van der Waals surface area contributed by atoms with Crippen molar-refractivity contribution in [3.05, 3.63) is 65.2 Å². The Labute approximate surface area is 112 Å². The highest BCUT2D eigenvalue weighted by molar-refractivity contribution is 5.96. The van der Waals surface area contributed by atoms with E-state index in [9.17, 15) is 9.90 Å². The molecule has 3 nitrogen and oxygen atoms in total. The Hall–Kier alpha value is -2.29. The molecule has 1 unspecified atom stereocenters. The van der Waals surface area contributed by atoms with E-state index in [4.69, 9.17) is 0 Å². The van der Waals surface area contributed by atoms with Gasteiger partial charge in [-0.25, -0.2) is 0 Å². The Morgan fingerprint density at radius 2 is 1.84 bits per heavy atom. The molecule has 2 rings (SSSR count). The van der Waals surface area contributed by atoms with E-state index < -0.39 is 0 Å². The van der Waals surface area contributed by atoms with Crippen molar-refractivity contribution in [3.8, 4) is 5.75 Å². The number of rotatable bonds is 3. The fraction of sp³-hybridized carbons (Fsp3) is 0.188. The van der Waals surface area contributed by atoms with Crippen LogP contribution >= 0.6 is 0 Å². The monoisotopic (exact) mass is 255 g/mol. The third kappa shape index (κ3) is 3.13. The van der Waals surface area contributed by atoms with Crippen molar-refractivity contribution in [2.24, 2.45) is 0 Å². The van der Waals surface area contributed by atoms with Gasteiger partial charge in [0.15, 0.2) is 0 Å². The van der Waals surface area contributed by atoms with Crippen molar-refractivity contribution >= 4 is 5.91 Å². The van der Waals surface area contributed by atoms with E-state index in [1.54, 1.807) is 12.1 Å². The van der Waals surface area contributed by atoms with E-state index in [0.717, 1.165) is 11.1 Å². The van der Waals surface area contributed by atoms with Crippen LogP contribution in [0.3, 0.4) is 0 Å². The average molecular weight is 255 g/mol. The van der Waals surface area contributed by atoms with Gasteiger partial charge in [-0.05, 0) is 43.2 Å². The van der Waals surface area contributed by atoms with Crippen LogP contribution in [0.4, 0.5) is 0 Å². The number of aromatic hydroxyl groups is 1. The fourth-order valence-electron chi connectivity index (χ4n) is 2.00. The molecule has 0 spiro atoms. The summed E-state index contributed by atoms with van der Waals surface area (Å²) < 4.78 is 0. The molecular weight excluding hydrogens is 238 g/mol. The van der Waals surface area contributed by atoms with Gasteiger partial charge in [0.2, 0.25) is 0 Å². The van der Waals surface area contributed by atoms with E-state index >= 15 is 0 Å². The molecule has 0 fully saturated rings. The van der Waals surface area contributed by atoms with Crippen molar-refractivity contribution in [1.82, 2.24) is 5.32 Å². The molecule has 0 aliphatic heterocycles. The molecule has 2 N–H and O–H groups in total. The van der Waals surface area contributed by atoms with E-state index in [0.29, 0.717) is 5.56 Å². The Morgan fingerprint density at radius 3 is 2.47 bits per heavy atom. The summed E-state index contributed by atoms with van der Waals surface area (Å²) >= 11 is 0. The molecule has 0 saturated carbocycles. The number of carbonyl (C=O) groups excluding carboxylic acids is 1. The van der Waals surface area contributed by atoms with Gasteiger partial charge in [0.1, 0.15) is 5.75 Å². The lowest BCUT2D eigenvalue weighted by Crippen LogP contribution is -2.27. The van der Waals surface area contributed by atoms with Crippen LogP contribution in [0.5, 0.6) is 5.75 Å². The van der Waals surface area contributed by atoms with Crippen LogP contribution in [0.2, 0.25) is 0 Å². The van der Waals surface area contributed by atoms with Crippen LogP contribution in [0.1, 0.15) is 34.5 Å². The summed E-state index contributed by atoms with van der Waals surface area (Å²) in [7, 11) is 0. The molecule has 2 aromatic carbocycles. The molecule has 0 radical (unpaired) electrons. The lowest BCUT2D eigenvalue weighted by Gasteiger charge is -2.15. The van der Waals surface area contributed by atoms with Crippen molar-refractivity contribution in [2.75, 3.05) is 0 Å². The molecule has 2 aromatic rings. The molecule has 1 atom stereocenters. The Morgan fingerprint density at radius 1 is 1.16 bits per heavy atom. The first kappa shape index (κ1) is 13.1. The van der Waals surface area contributed by atoms with Gasteiger partial charge in [0.05, 0.1) is 6.04 Å². The summed E-state index contributed by atoms with van der Waals surface area (Å²) in [6.45, 7) is 3.75. The molecule has 98 valence electrons. The first-order chi connectivity index (χ1) is 9.08. The number of aryl methyl sites for hydroxylation is 1. The van der Waals surface area contributed by atoms with E-state index in [1.807, 2.05) is 44.2 Å². The Bertz CT molecular complexity index is 579. The lowest BCUT2D eigenvalue weighted by molar-refractivity contribution is 0.0939. The van der Waals surface area contributed by atoms with Gasteiger partial charge in [-0.1, -0.05) is 30.3 Å². The molecule has 0 aliphatic rings. The minimum absolute atomic E-state index is 0.0538. The first-order valence-electron chi connectivity index (χ1n) is 6.23. The standard InChI is InChI=1S/C16H17NO2/c1-11-10-14(18)8-9-15(11)16(19)17-12(2)13-6-4-3-5-7-13/h3-10,12,18H,1-2H3,(H,17,19). The number of amides is 1. The van der Waals surface area contributed by atoms with Crippen LogP contribution in [-0.4, -0.2) is 11.0 Å². The molecule has 0 aliphatic carbocycles. The first-order valence-corrected chi connectivity index (χ1v) is 6.23. The van der Waals surface area contributed by atoms with E-state index in [2.05, 4.69) is 5.32 Å². The summed E-state index contributed by atoms with van der Waals surface area (Å²) in [5.41, 5.74) is 2.41. The largest absolute Gasteiger partial charge is 0.508 e. The second-order valence-electron chi connectivity index (χ2n) is 4.61. The van der Waals surface area contributed by atoms with Crippen molar-refractivity contribution in [2.45, 2.75) is 19.9 Å². The molecule has 1 amide bonds. The number of phenols is 1. The number of carbonyl (C=O) groups is 1. The van der Waals surface area contributed by atoms with Crippen LogP contribution in [0.25, 0.3) is 0 Å². The zero-order valence-electron chi connectivity index (χ0n) is 11.1. The maximum atomic E-state index is 12.2. The fourth-order valence-corrected chi connectivity index (χ4v) is 2.00. The molecule has 0 bridgehead atoms. The predicted octanol–water partition coefficient (Wildman–Crippen LogP) is 3.19. The van der Waals surface area contributed by atoms with Gasteiger partial charge >= 0.3 is 0 Å². The highest BCUT2D eigenvalue weighted by Crippen LogP contribution is 2.17. The van der Waals surface area contributed by atoms with Crippen LogP contribution in [0.15, 0.2) is 48.5 Å². The molecule has 3 heteroatoms. The normalized spacial score (nSPS) is 11.9. The smallest absolute Gasteiger partial charge is 0.252 e. The molecule has 0 saturated heterocycles. The zero-order chi connectivity index (χ0) is 13.8. The minimum Gasteiger partial charge on any atom is -0.508 e. The number of benzene rings is 2. The van der Waals surface area contributed by atoms with Crippen LogP contribution in [0, 0.1) is 6.92 Å². The summed E-state index contributed by atoms with van der Waals surface area (Å²) in [6.07, 6.45) is 0. The van der Waals surface area contributed by atoms with Gasteiger partial charge < -0.3 is 10.4 Å². The van der Waals surface area contributed by atoms with Gasteiger partial charge in [-0.2, -0.15) is 0 Å².